The van der Waals surface area contributed by atoms with Gasteiger partial charge in [-0.1, -0.05) is 24.3 Å². The summed E-state index contributed by atoms with van der Waals surface area (Å²) in [7, 11) is 0. The van der Waals surface area contributed by atoms with Crippen LogP contribution in [-0.2, 0) is 16.0 Å². The van der Waals surface area contributed by atoms with Gasteiger partial charge in [0.25, 0.3) is 0 Å². The number of rotatable bonds is 5. The molecule has 2 aliphatic heterocycles. The number of amides is 2. The van der Waals surface area contributed by atoms with Crippen LogP contribution in [0.25, 0.3) is 0 Å². The first kappa shape index (κ1) is 24.2. The topological polar surface area (TPSA) is 43.9 Å². The van der Waals surface area contributed by atoms with Crippen LogP contribution in [0, 0.1) is 12.3 Å². The number of hydrogen-bond acceptors (Lipinski definition) is 4. The fourth-order valence-corrected chi connectivity index (χ4v) is 6.02. The van der Waals surface area contributed by atoms with E-state index in [4.69, 9.17) is 11.6 Å². The molecule has 0 N–H and O–H groups in total. The molecule has 1 fully saturated rings. The zero-order chi connectivity index (χ0) is 23.8. The molecule has 1 saturated heterocycles. The van der Waals surface area contributed by atoms with Crippen molar-refractivity contribution < 1.29 is 9.59 Å². The molecule has 2 atom stereocenters. The smallest absolute Gasteiger partial charge is 0.236 e. The van der Waals surface area contributed by atoms with Crippen LogP contribution >= 0.6 is 22.9 Å². The van der Waals surface area contributed by atoms with Crippen molar-refractivity contribution in [3.8, 4) is 0 Å². The minimum atomic E-state index is -0.588. The zero-order valence-electron chi connectivity index (χ0n) is 20.0. The van der Waals surface area contributed by atoms with E-state index in [9.17, 15) is 9.59 Å². The van der Waals surface area contributed by atoms with E-state index in [1.54, 1.807) is 0 Å². The van der Waals surface area contributed by atoms with Crippen LogP contribution in [0.5, 0.6) is 0 Å². The summed E-state index contributed by atoms with van der Waals surface area (Å²) in [4.78, 5) is 33.9. The third kappa shape index (κ3) is 4.84. The van der Waals surface area contributed by atoms with Crippen molar-refractivity contribution in [2.75, 3.05) is 38.6 Å². The molecule has 4 rings (SSSR count). The average molecular weight is 488 g/mol. The summed E-state index contributed by atoms with van der Waals surface area (Å²) in [5, 5.41) is 2.17. The van der Waals surface area contributed by atoms with Crippen LogP contribution in [0.1, 0.15) is 48.4 Å². The molecule has 0 spiro atoms. The fourth-order valence-electron chi connectivity index (χ4n) is 5.00. The highest BCUT2D eigenvalue weighted by Crippen LogP contribution is 2.38. The molecule has 0 radical (unpaired) electrons. The standard InChI is InChI=1S/C26H34ClN3O2S/c1-18-7-5-6-8-20(18)24-21-10-14-33-22(21)9-11-29(24)16-23(31)28-12-13-30(19(2)15-28)25(32)26(3,4)17-27/h5-8,10,14,19,24H,9,11-13,15-17H2,1-4H3/t19-,24-/m1/s1. The third-order valence-corrected chi connectivity index (χ3v) is 8.71. The molecule has 3 heterocycles. The van der Waals surface area contributed by atoms with Crippen LogP contribution in [-0.4, -0.2) is 71.2 Å². The van der Waals surface area contributed by atoms with E-state index in [-0.39, 0.29) is 29.8 Å². The van der Waals surface area contributed by atoms with Crippen molar-refractivity contribution in [1.82, 2.24) is 14.7 Å². The molecule has 0 bridgehead atoms. The summed E-state index contributed by atoms with van der Waals surface area (Å²) in [5.74, 6) is 0.498. The van der Waals surface area contributed by atoms with Crippen molar-refractivity contribution in [3.05, 3.63) is 57.3 Å². The maximum Gasteiger partial charge on any atom is 0.236 e. The summed E-state index contributed by atoms with van der Waals surface area (Å²) in [6, 6.07) is 10.8. The number of benzene rings is 1. The summed E-state index contributed by atoms with van der Waals surface area (Å²) in [5.41, 5.74) is 3.27. The van der Waals surface area contributed by atoms with E-state index < -0.39 is 5.41 Å². The lowest BCUT2D eigenvalue weighted by atomic mass is 9.90. The van der Waals surface area contributed by atoms with Gasteiger partial charge in [-0.2, -0.15) is 0 Å². The first-order valence-corrected chi connectivity index (χ1v) is 13.1. The molecule has 1 aromatic carbocycles. The second-order valence-corrected chi connectivity index (χ2v) is 11.3. The Labute approximate surface area is 206 Å². The van der Waals surface area contributed by atoms with Gasteiger partial charge in [0.05, 0.1) is 18.0 Å². The molecule has 0 aliphatic carbocycles. The quantitative estimate of drug-likeness (QED) is 0.590. The molecule has 0 saturated carbocycles. The van der Waals surface area contributed by atoms with Crippen LogP contribution in [0.2, 0.25) is 0 Å². The van der Waals surface area contributed by atoms with Gasteiger partial charge in [-0.05, 0) is 62.3 Å². The number of carbonyl (C=O) groups is 2. The van der Waals surface area contributed by atoms with Gasteiger partial charge in [-0.25, -0.2) is 0 Å². The number of piperazine rings is 1. The van der Waals surface area contributed by atoms with E-state index in [2.05, 4.69) is 47.5 Å². The number of halogens is 1. The molecule has 0 unspecified atom stereocenters. The largest absolute Gasteiger partial charge is 0.338 e. The molecule has 2 aromatic rings. The van der Waals surface area contributed by atoms with Crippen molar-refractivity contribution in [2.24, 2.45) is 5.41 Å². The lowest BCUT2D eigenvalue weighted by molar-refractivity contribution is -0.148. The minimum Gasteiger partial charge on any atom is -0.338 e. The average Bonchev–Trinajstić information content (AvgIpc) is 3.28. The Morgan fingerprint density at radius 1 is 1.12 bits per heavy atom. The molecule has 33 heavy (non-hydrogen) atoms. The predicted molar refractivity (Wildman–Crippen MR) is 135 cm³/mol. The Balaban J connectivity index is 1.48. The Morgan fingerprint density at radius 3 is 2.58 bits per heavy atom. The minimum absolute atomic E-state index is 0.0188. The number of aryl methyl sites for hydroxylation is 1. The normalized spacial score (nSPS) is 21.7. The van der Waals surface area contributed by atoms with Gasteiger partial charge < -0.3 is 9.80 Å². The first-order valence-electron chi connectivity index (χ1n) is 11.7. The predicted octanol–water partition coefficient (Wildman–Crippen LogP) is 4.33. The second kappa shape index (κ2) is 9.77. The van der Waals surface area contributed by atoms with E-state index in [1.165, 1.54) is 21.6 Å². The molecule has 5 nitrogen and oxygen atoms in total. The maximum absolute atomic E-state index is 13.4. The van der Waals surface area contributed by atoms with E-state index in [0.717, 1.165) is 13.0 Å². The summed E-state index contributed by atoms with van der Waals surface area (Å²) in [6.45, 7) is 10.9. The molecule has 7 heteroatoms. The fraction of sp³-hybridized carbons (Fsp3) is 0.538. The number of fused-ring (bicyclic) bond motifs is 1. The van der Waals surface area contributed by atoms with E-state index in [0.29, 0.717) is 26.2 Å². The van der Waals surface area contributed by atoms with Gasteiger partial charge in [-0.3, -0.25) is 14.5 Å². The molecule has 178 valence electrons. The van der Waals surface area contributed by atoms with Crippen molar-refractivity contribution in [1.29, 1.82) is 0 Å². The molecular formula is C26H34ClN3O2S. The Bertz CT molecular complexity index is 1020. The van der Waals surface area contributed by atoms with Gasteiger partial charge in [-0.15, -0.1) is 22.9 Å². The Morgan fingerprint density at radius 2 is 1.88 bits per heavy atom. The van der Waals surface area contributed by atoms with Gasteiger partial charge in [0.1, 0.15) is 0 Å². The first-order chi connectivity index (χ1) is 15.7. The highest BCUT2D eigenvalue weighted by atomic mass is 35.5. The molecule has 1 aromatic heterocycles. The van der Waals surface area contributed by atoms with E-state index in [1.807, 2.05) is 41.9 Å². The van der Waals surface area contributed by atoms with Crippen molar-refractivity contribution >= 4 is 34.8 Å². The number of hydrogen-bond donors (Lipinski definition) is 0. The van der Waals surface area contributed by atoms with Crippen LogP contribution in [0.15, 0.2) is 35.7 Å². The third-order valence-electron chi connectivity index (χ3n) is 7.04. The van der Waals surface area contributed by atoms with E-state index >= 15 is 0 Å². The van der Waals surface area contributed by atoms with Crippen molar-refractivity contribution in [2.45, 2.75) is 46.2 Å². The number of thiophene rings is 1. The summed E-state index contributed by atoms with van der Waals surface area (Å²) in [6.07, 6.45) is 0.981. The van der Waals surface area contributed by atoms with Gasteiger partial charge in [0, 0.05) is 43.0 Å². The van der Waals surface area contributed by atoms with Crippen molar-refractivity contribution in [3.63, 3.8) is 0 Å². The van der Waals surface area contributed by atoms with Crippen LogP contribution in [0.3, 0.4) is 0 Å². The second-order valence-electron chi connectivity index (χ2n) is 9.98. The summed E-state index contributed by atoms with van der Waals surface area (Å²) < 4.78 is 0. The highest BCUT2D eigenvalue weighted by molar-refractivity contribution is 7.10. The number of carbonyl (C=O) groups excluding carboxylic acids is 2. The van der Waals surface area contributed by atoms with Gasteiger partial charge in [0.2, 0.25) is 11.8 Å². The Hall–Kier alpha value is -1.89. The highest BCUT2D eigenvalue weighted by Gasteiger charge is 2.38. The lowest BCUT2D eigenvalue weighted by Crippen LogP contribution is -2.59. The zero-order valence-corrected chi connectivity index (χ0v) is 21.6. The summed E-state index contributed by atoms with van der Waals surface area (Å²) >= 11 is 7.85. The van der Waals surface area contributed by atoms with Crippen LogP contribution in [0.4, 0.5) is 0 Å². The maximum atomic E-state index is 13.4. The lowest BCUT2D eigenvalue weighted by Gasteiger charge is -2.44. The molecule has 2 aliphatic rings. The Kier molecular flexibility index (Phi) is 7.18. The van der Waals surface area contributed by atoms with Crippen LogP contribution < -0.4 is 0 Å². The van der Waals surface area contributed by atoms with Gasteiger partial charge in [0.15, 0.2) is 0 Å². The monoisotopic (exact) mass is 487 g/mol. The number of nitrogens with zero attached hydrogens (tertiary/aromatic N) is 3. The molecule has 2 amide bonds. The van der Waals surface area contributed by atoms with Gasteiger partial charge >= 0.3 is 0 Å². The molecular weight excluding hydrogens is 454 g/mol. The number of alkyl halides is 1. The SMILES string of the molecule is Cc1ccccc1[C@@H]1c2ccsc2CCN1CC(=O)N1CCN(C(=O)C(C)(C)CCl)[C@H](C)C1.